The van der Waals surface area contributed by atoms with Crippen LogP contribution >= 0.6 is 0 Å². The molecule has 0 bridgehead atoms. The lowest BCUT2D eigenvalue weighted by Gasteiger charge is -2.22. The Morgan fingerprint density at radius 2 is 2.00 bits per heavy atom. The summed E-state index contributed by atoms with van der Waals surface area (Å²) in [5.74, 6) is 2.55. The van der Waals surface area contributed by atoms with Crippen LogP contribution in [-0.4, -0.2) is 13.2 Å². The van der Waals surface area contributed by atoms with E-state index >= 15 is 0 Å². The van der Waals surface area contributed by atoms with E-state index in [1.807, 2.05) is 58.2 Å². The van der Waals surface area contributed by atoms with Gasteiger partial charge in [-0.25, -0.2) is 0 Å². The molecule has 1 heterocycles. The third-order valence-electron chi connectivity index (χ3n) is 3.01. The monoisotopic (exact) mass is 274 g/mol. The minimum atomic E-state index is 0.102. The van der Waals surface area contributed by atoms with Gasteiger partial charge in [-0.1, -0.05) is 6.07 Å². The predicted octanol–water partition coefficient (Wildman–Crippen LogP) is 3.59. The molecule has 0 spiro atoms. The molecule has 4 heteroatoms. The summed E-state index contributed by atoms with van der Waals surface area (Å²) >= 11 is 0. The molecular formula is C16H22N2O2. The molecule has 0 saturated carbocycles. The van der Waals surface area contributed by atoms with E-state index in [-0.39, 0.29) is 6.10 Å². The first-order valence-corrected chi connectivity index (χ1v) is 6.79. The lowest BCUT2D eigenvalue weighted by atomic mass is 10.2. The molecule has 20 heavy (non-hydrogen) atoms. The van der Waals surface area contributed by atoms with Gasteiger partial charge in [0.25, 0.3) is 0 Å². The molecule has 0 aliphatic heterocycles. The molecule has 108 valence electrons. The Balaban J connectivity index is 2.19. The molecule has 2 rings (SSSR count). The van der Waals surface area contributed by atoms with Gasteiger partial charge in [0.05, 0.1) is 24.0 Å². The minimum absolute atomic E-state index is 0.102. The third kappa shape index (κ3) is 3.26. The molecule has 0 unspecified atom stereocenters. The van der Waals surface area contributed by atoms with Gasteiger partial charge in [0, 0.05) is 7.05 Å². The van der Waals surface area contributed by atoms with Gasteiger partial charge in [0.15, 0.2) is 0 Å². The first kappa shape index (κ1) is 14.3. The molecular weight excluding hydrogens is 252 g/mol. The molecule has 4 nitrogen and oxygen atoms in total. The summed E-state index contributed by atoms with van der Waals surface area (Å²) in [6.07, 6.45) is 0.102. The van der Waals surface area contributed by atoms with Crippen molar-refractivity contribution in [1.82, 2.24) is 0 Å². The molecule has 2 aromatic rings. The molecule has 2 N–H and O–H groups in total. The van der Waals surface area contributed by atoms with Crippen molar-refractivity contribution >= 4 is 11.4 Å². The van der Waals surface area contributed by atoms with E-state index in [0.717, 1.165) is 23.0 Å². The van der Waals surface area contributed by atoms with Gasteiger partial charge < -0.3 is 19.8 Å². The molecule has 0 atom stereocenters. The lowest BCUT2D eigenvalue weighted by molar-refractivity contribution is 0.244. The summed E-state index contributed by atoms with van der Waals surface area (Å²) in [5, 5.41) is 0. The van der Waals surface area contributed by atoms with Crippen molar-refractivity contribution < 1.29 is 9.15 Å². The third-order valence-corrected chi connectivity index (χ3v) is 3.01. The quantitative estimate of drug-likeness (QED) is 0.846. The maximum atomic E-state index is 6.19. The second-order valence-electron chi connectivity index (χ2n) is 5.22. The van der Waals surface area contributed by atoms with Crippen molar-refractivity contribution in [2.45, 2.75) is 33.4 Å². The summed E-state index contributed by atoms with van der Waals surface area (Å²) in [5.41, 5.74) is 7.80. The number of nitrogens with zero attached hydrogens (tertiary/aromatic N) is 1. The Hall–Kier alpha value is -2.10. The van der Waals surface area contributed by atoms with Crippen LogP contribution in [0.15, 0.2) is 34.7 Å². The maximum Gasteiger partial charge on any atom is 0.144 e. The molecule has 0 aliphatic carbocycles. The largest absolute Gasteiger partial charge is 0.489 e. The number of nitrogens with two attached hydrogens (primary N) is 1. The van der Waals surface area contributed by atoms with E-state index in [0.29, 0.717) is 12.2 Å². The highest BCUT2D eigenvalue weighted by Gasteiger charge is 2.12. The van der Waals surface area contributed by atoms with Gasteiger partial charge in [-0.15, -0.1) is 0 Å². The first-order chi connectivity index (χ1) is 9.47. The number of hydrogen-bond acceptors (Lipinski definition) is 4. The number of anilines is 2. The fourth-order valence-corrected chi connectivity index (χ4v) is 2.11. The van der Waals surface area contributed by atoms with Gasteiger partial charge in [0.1, 0.15) is 17.3 Å². The molecule has 0 radical (unpaired) electrons. The average Bonchev–Trinajstić information content (AvgIpc) is 2.76. The van der Waals surface area contributed by atoms with Crippen LogP contribution in [0.3, 0.4) is 0 Å². The van der Waals surface area contributed by atoms with E-state index in [1.165, 1.54) is 0 Å². The van der Waals surface area contributed by atoms with Gasteiger partial charge in [0.2, 0.25) is 0 Å². The van der Waals surface area contributed by atoms with Crippen LogP contribution in [0.4, 0.5) is 11.4 Å². The number of rotatable bonds is 5. The summed E-state index contributed by atoms with van der Waals surface area (Å²) in [6, 6.07) is 9.77. The van der Waals surface area contributed by atoms with E-state index in [1.54, 1.807) is 0 Å². The highest BCUT2D eigenvalue weighted by atomic mass is 16.5. The number of benzene rings is 1. The molecule has 0 saturated heterocycles. The smallest absolute Gasteiger partial charge is 0.144 e. The number of aryl methyl sites for hydroxylation is 1. The Labute approximate surface area is 120 Å². The topological polar surface area (TPSA) is 51.6 Å². The Kier molecular flexibility index (Phi) is 4.23. The van der Waals surface area contributed by atoms with Gasteiger partial charge in [-0.05, 0) is 45.0 Å². The summed E-state index contributed by atoms with van der Waals surface area (Å²) in [7, 11) is 1.99. The van der Waals surface area contributed by atoms with E-state index in [9.17, 15) is 0 Å². The fraction of sp³-hybridized carbons (Fsp3) is 0.375. The van der Waals surface area contributed by atoms with Crippen LogP contribution in [0.2, 0.25) is 0 Å². The minimum Gasteiger partial charge on any atom is -0.489 e. The van der Waals surface area contributed by atoms with Crippen molar-refractivity contribution in [3.8, 4) is 5.75 Å². The van der Waals surface area contributed by atoms with E-state index in [2.05, 4.69) is 4.90 Å². The summed E-state index contributed by atoms with van der Waals surface area (Å²) in [4.78, 5) is 2.06. The molecule has 0 aliphatic rings. The average molecular weight is 274 g/mol. The van der Waals surface area contributed by atoms with Crippen molar-refractivity contribution in [2.75, 3.05) is 17.7 Å². The zero-order chi connectivity index (χ0) is 14.7. The Morgan fingerprint density at radius 1 is 1.25 bits per heavy atom. The fourth-order valence-electron chi connectivity index (χ4n) is 2.11. The number of ether oxygens (including phenoxy) is 1. The predicted molar refractivity (Wildman–Crippen MR) is 82.2 cm³/mol. The first-order valence-electron chi connectivity index (χ1n) is 6.79. The van der Waals surface area contributed by atoms with E-state index < -0.39 is 0 Å². The van der Waals surface area contributed by atoms with E-state index in [4.69, 9.17) is 14.9 Å². The van der Waals surface area contributed by atoms with Gasteiger partial charge in [-0.2, -0.15) is 0 Å². The van der Waals surface area contributed by atoms with Crippen LogP contribution in [-0.2, 0) is 6.54 Å². The number of furan rings is 1. The number of hydrogen-bond donors (Lipinski definition) is 1. The molecule has 0 fully saturated rings. The number of para-hydroxylation sites is 1. The summed E-state index contributed by atoms with van der Waals surface area (Å²) in [6.45, 7) is 6.58. The van der Waals surface area contributed by atoms with Crippen molar-refractivity contribution in [1.29, 1.82) is 0 Å². The standard InChI is InChI=1S/C16H22N2O2/c1-11(2)19-15-7-5-6-14(16(15)17)18(4)10-13-9-8-12(3)20-13/h5-9,11H,10,17H2,1-4H3. The van der Waals surface area contributed by atoms with Crippen LogP contribution in [0, 0.1) is 6.92 Å². The van der Waals surface area contributed by atoms with Crippen LogP contribution in [0.5, 0.6) is 5.75 Å². The highest BCUT2D eigenvalue weighted by Crippen LogP contribution is 2.33. The highest BCUT2D eigenvalue weighted by molar-refractivity contribution is 5.73. The molecule has 0 amide bonds. The van der Waals surface area contributed by atoms with Crippen LogP contribution in [0.1, 0.15) is 25.4 Å². The Bertz CT molecular complexity index is 576. The van der Waals surface area contributed by atoms with Crippen molar-refractivity contribution in [3.63, 3.8) is 0 Å². The van der Waals surface area contributed by atoms with Crippen molar-refractivity contribution in [3.05, 3.63) is 41.9 Å². The second-order valence-corrected chi connectivity index (χ2v) is 5.22. The van der Waals surface area contributed by atoms with Crippen LogP contribution < -0.4 is 15.4 Å². The SMILES string of the molecule is Cc1ccc(CN(C)c2cccc(OC(C)C)c2N)o1. The normalized spacial score (nSPS) is 10.8. The zero-order valence-electron chi connectivity index (χ0n) is 12.5. The summed E-state index contributed by atoms with van der Waals surface area (Å²) < 4.78 is 11.3. The Morgan fingerprint density at radius 3 is 2.60 bits per heavy atom. The zero-order valence-corrected chi connectivity index (χ0v) is 12.5. The second kappa shape index (κ2) is 5.90. The van der Waals surface area contributed by atoms with Gasteiger partial charge >= 0.3 is 0 Å². The molecule has 1 aromatic heterocycles. The number of nitrogen functional groups attached to an aromatic ring is 1. The molecule has 1 aromatic carbocycles. The van der Waals surface area contributed by atoms with Gasteiger partial charge in [-0.3, -0.25) is 0 Å². The van der Waals surface area contributed by atoms with Crippen molar-refractivity contribution in [2.24, 2.45) is 0 Å². The maximum absolute atomic E-state index is 6.19. The van der Waals surface area contributed by atoms with Crippen LogP contribution in [0.25, 0.3) is 0 Å². The lowest BCUT2D eigenvalue weighted by Crippen LogP contribution is -2.18.